The molecule has 23 heavy (non-hydrogen) atoms. The van der Waals surface area contributed by atoms with E-state index in [0.717, 1.165) is 10.0 Å². The topological polar surface area (TPSA) is 29.5 Å². The Balaban J connectivity index is 2.97. The van der Waals surface area contributed by atoms with Gasteiger partial charge < -0.3 is 4.74 Å². The third kappa shape index (κ3) is 7.32. The Morgan fingerprint density at radius 3 is 2.43 bits per heavy atom. The summed E-state index contributed by atoms with van der Waals surface area (Å²) in [5, 5.41) is 0. The quantitative estimate of drug-likeness (QED) is 0.393. The molecule has 1 aromatic carbocycles. The third-order valence-electron chi connectivity index (χ3n) is 3.06. The van der Waals surface area contributed by atoms with E-state index in [9.17, 15) is 4.79 Å². The van der Waals surface area contributed by atoms with Crippen molar-refractivity contribution in [3.8, 4) is 11.8 Å². The molecule has 0 aliphatic heterocycles. The zero-order chi connectivity index (χ0) is 17.1. The Hall–Kier alpha value is -1.83. The molecule has 0 aromatic heterocycles. The van der Waals surface area contributed by atoms with Gasteiger partial charge in [0.1, 0.15) is 0 Å². The first-order chi connectivity index (χ1) is 11.1. The van der Waals surface area contributed by atoms with Crippen LogP contribution in [0.4, 0.5) is 0 Å². The van der Waals surface area contributed by atoms with Crippen LogP contribution in [0.2, 0.25) is 0 Å². The zero-order valence-electron chi connectivity index (χ0n) is 13.4. The minimum absolute atomic E-state index is 0.221. The second-order valence-corrected chi connectivity index (χ2v) is 5.75. The monoisotopic (exact) mass is 375 g/mol. The van der Waals surface area contributed by atoms with E-state index in [2.05, 4.69) is 40.9 Å². The number of halogens is 1. The highest BCUT2D eigenvalue weighted by Crippen LogP contribution is 2.11. The summed E-state index contributed by atoms with van der Waals surface area (Å²) in [5.74, 6) is 6.06. The van der Waals surface area contributed by atoms with E-state index in [-0.39, 0.29) is 18.4 Å². The van der Waals surface area contributed by atoms with Gasteiger partial charge in [-0.2, -0.15) is 0 Å². The molecule has 3 nitrogen and oxygen atoms in total. The van der Waals surface area contributed by atoms with Crippen molar-refractivity contribution in [3.05, 3.63) is 59.6 Å². The normalized spacial score (nSPS) is 11.3. The van der Waals surface area contributed by atoms with E-state index in [4.69, 9.17) is 4.74 Å². The Morgan fingerprint density at radius 1 is 1.30 bits per heavy atom. The average Bonchev–Trinajstić information content (AvgIpc) is 2.53. The molecule has 0 heterocycles. The van der Waals surface area contributed by atoms with E-state index < -0.39 is 0 Å². The van der Waals surface area contributed by atoms with Crippen molar-refractivity contribution in [2.75, 3.05) is 19.7 Å². The third-order valence-corrected chi connectivity index (χ3v) is 3.59. The Bertz CT molecular complexity index is 574. The van der Waals surface area contributed by atoms with E-state index in [1.54, 1.807) is 19.1 Å². The van der Waals surface area contributed by atoms with Gasteiger partial charge in [0.2, 0.25) is 0 Å². The molecular formula is C19H22BrNO2. The Labute approximate surface area is 147 Å². The van der Waals surface area contributed by atoms with E-state index in [0.29, 0.717) is 19.7 Å². The van der Waals surface area contributed by atoms with Crippen LogP contribution in [0.5, 0.6) is 0 Å². The fourth-order valence-corrected chi connectivity index (χ4v) is 2.27. The van der Waals surface area contributed by atoms with Gasteiger partial charge in [0.05, 0.1) is 19.1 Å². The first kappa shape index (κ1) is 19.2. The summed E-state index contributed by atoms with van der Waals surface area (Å²) < 4.78 is 6.06. The molecule has 122 valence electrons. The van der Waals surface area contributed by atoms with Gasteiger partial charge in [-0.1, -0.05) is 39.9 Å². The predicted molar refractivity (Wildman–Crippen MR) is 98.0 cm³/mol. The molecule has 0 saturated heterocycles. The van der Waals surface area contributed by atoms with E-state index >= 15 is 0 Å². The van der Waals surface area contributed by atoms with Crippen LogP contribution in [0.3, 0.4) is 0 Å². The number of esters is 1. The molecule has 0 amide bonds. The number of ether oxygens (including phenoxy) is 1. The lowest BCUT2D eigenvalue weighted by molar-refractivity contribution is -0.144. The summed E-state index contributed by atoms with van der Waals surface area (Å²) in [6.45, 7) is 11.0. The van der Waals surface area contributed by atoms with Gasteiger partial charge in [0.15, 0.2) is 0 Å². The molecule has 1 rings (SSSR count). The van der Waals surface area contributed by atoms with Crippen molar-refractivity contribution in [2.24, 2.45) is 0 Å². The van der Waals surface area contributed by atoms with Gasteiger partial charge in [0, 0.05) is 23.1 Å². The lowest BCUT2D eigenvalue weighted by Gasteiger charge is -2.25. The van der Waals surface area contributed by atoms with Gasteiger partial charge in [-0.15, -0.1) is 13.2 Å². The number of rotatable bonds is 8. The highest BCUT2D eigenvalue weighted by atomic mass is 79.9. The van der Waals surface area contributed by atoms with E-state index in [1.807, 2.05) is 29.2 Å². The van der Waals surface area contributed by atoms with Crippen molar-refractivity contribution in [3.63, 3.8) is 0 Å². The molecule has 0 fully saturated rings. The molecule has 4 heteroatoms. The van der Waals surface area contributed by atoms with Gasteiger partial charge >= 0.3 is 5.97 Å². The lowest BCUT2D eigenvalue weighted by atomic mass is 10.1. The van der Waals surface area contributed by atoms with Crippen LogP contribution in [-0.4, -0.2) is 36.6 Å². The van der Waals surface area contributed by atoms with Gasteiger partial charge in [0.25, 0.3) is 0 Å². The minimum atomic E-state index is -0.249. The fourth-order valence-electron chi connectivity index (χ4n) is 2.01. The first-order valence-corrected chi connectivity index (χ1v) is 8.28. The van der Waals surface area contributed by atoms with Crippen molar-refractivity contribution in [1.29, 1.82) is 0 Å². The van der Waals surface area contributed by atoms with Crippen molar-refractivity contribution >= 4 is 21.9 Å². The number of carbonyl (C=O) groups is 1. The van der Waals surface area contributed by atoms with Crippen molar-refractivity contribution in [1.82, 2.24) is 4.90 Å². The van der Waals surface area contributed by atoms with Crippen LogP contribution < -0.4 is 0 Å². The van der Waals surface area contributed by atoms with Crippen LogP contribution >= 0.6 is 15.9 Å². The van der Waals surface area contributed by atoms with Crippen molar-refractivity contribution in [2.45, 2.75) is 19.4 Å². The Kier molecular flexibility index (Phi) is 9.04. The zero-order valence-corrected chi connectivity index (χ0v) is 15.0. The largest absolute Gasteiger partial charge is 0.466 e. The molecule has 0 saturated carbocycles. The summed E-state index contributed by atoms with van der Waals surface area (Å²) >= 11 is 3.40. The maximum atomic E-state index is 11.8. The number of hydrogen-bond donors (Lipinski definition) is 0. The Morgan fingerprint density at radius 2 is 1.91 bits per heavy atom. The van der Waals surface area contributed by atoms with Crippen LogP contribution in [0.15, 0.2) is 54.0 Å². The predicted octanol–water partition coefficient (Wildman–Crippen LogP) is 3.80. The van der Waals surface area contributed by atoms with Crippen LogP contribution in [0.1, 0.15) is 18.9 Å². The lowest BCUT2D eigenvalue weighted by Crippen LogP contribution is -2.36. The standard InChI is InChI=1S/C19H22BrNO2/c1-4-13-21(14-5-2)18(15-19(22)23-6-3)12-9-16-7-10-17(20)11-8-16/h4-5,7-8,10-11,18H,1-2,6,13-15H2,3H3. The highest BCUT2D eigenvalue weighted by molar-refractivity contribution is 9.10. The van der Waals surface area contributed by atoms with Gasteiger partial charge in [-0.05, 0) is 31.2 Å². The highest BCUT2D eigenvalue weighted by Gasteiger charge is 2.18. The average molecular weight is 376 g/mol. The molecule has 0 bridgehead atoms. The fraction of sp³-hybridized carbons (Fsp3) is 0.316. The number of benzene rings is 1. The van der Waals surface area contributed by atoms with Gasteiger partial charge in [-0.3, -0.25) is 9.69 Å². The molecule has 0 aliphatic rings. The summed E-state index contributed by atoms with van der Waals surface area (Å²) in [7, 11) is 0. The molecule has 1 atom stereocenters. The first-order valence-electron chi connectivity index (χ1n) is 7.49. The molecule has 1 aromatic rings. The molecule has 0 aliphatic carbocycles. The smallest absolute Gasteiger partial charge is 0.308 e. The number of nitrogens with zero attached hydrogens (tertiary/aromatic N) is 1. The second-order valence-electron chi connectivity index (χ2n) is 4.83. The summed E-state index contributed by atoms with van der Waals surface area (Å²) in [6, 6.07) is 7.51. The maximum Gasteiger partial charge on any atom is 0.308 e. The van der Waals surface area contributed by atoms with Crippen LogP contribution in [0, 0.1) is 11.8 Å². The molecule has 0 spiro atoms. The summed E-state index contributed by atoms with van der Waals surface area (Å²) in [5.41, 5.74) is 0.902. The van der Waals surface area contributed by atoms with Crippen molar-refractivity contribution < 1.29 is 9.53 Å². The molecular weight excluding hydrogens is 354 g/mol. The molecule has 0 radical (unpaired) electrons. The van der Waals surface area contributed by atoms with Crippen LogP contribution in [-0.2, 0) is 9.53 Å². The molecule has 0 N–H and O–H groups in total. The number of hydrogen-bond acceptors (Lipinski definition) is 3. The van der Waals surface area contributed by atoms with Gasteiger partial charge in [-0.25, -0.2) is 0 Å². The SMILES string of the molecule is C=CCN(CC=C)C(C#Cc1ccc(Br)cc1)CC(=O)OCC. The minimum Gasteiger partial charge on any atom is -0.466 e. The second kappa shape index (κ2) is 10.8. The maximum absolute atomic E-state index is 11.8. The van der Waals surface area contributed by atoms with E-state index in [1.165, 1.54) is 0 Å². The summed E-state index contributed by atoms with van der Waals surface area (Å²) in [6.07, 6.45) is 3.81. The molecule has 1 unspecified atom stereocenters. The number of carbonyl (C=O) groups excluding carboxylic acids is 1. The van der Waals surface area contributed by atoms with Crippen LogP contribution in [0.25, 0.3) is 0 Å². The summed E-state index contributed by atoms with van der Waals surface area (Å²) in [4.78, 5) is 13.9.